The van der Waals surface area contributed by atoms with Gasteiger partial charge in [0.1, 0.15) is 0 Å². The lowest BCUT2D eigenvalue weighted by atomic mass is 10.1. The van der Waals surface area contributed by atoms with Crippen molar-refractivity contribution in [3.05, 3.63) is 36.5 Å². The Bertz CT molecular complexity index is 1070. The molecule has 0 saturated heterocycles. The van der Waals surface area contributed by atoms with Crippen LogP contribution in [-0.4, -0.2) is 47.4 Å². The minimum atomic E-state index is -0.849. The lowest BCUT2D eigenvalue weighted by Gasteiger charge is -2.20. The number of carbonyl (C=O) groups is 2. The van der Waals surface area contributed by atoms with Crippen LogP contribution in [0.25, 0.3) is 0 Å². The van der Waals surface area contributed by atoms with Crippen LogP contribution in [0.5, 0.6) is 0 Å². The number of allylic oxidation sites excluding steroid dienone is 5. The van der Waals surface area contributed by atoms with E-state index in [4.69, 9.17) is 4.74 Å². The van der Waals surface area contributed by atoms with Crippen molar-refractivity contribution in [1.82, 2.24) is 5.32 Å². The summed E-state index contributed by atoms with van der Waals surface area (Å²) in [5.74, 6) is -0.0758. The fraction of sp³-hybridized carbons (Fsp3) is 0.867. The molecule has 0 aromatic carbocycles. The highest BCUT2D eigenvalue weighted by Crippen LogP contribution is 2.16. The average molecular weight is 929 g/mol. The Morgan fingerprint density at radius 1 is 0.409 bits per heavy atom. The van der Waals surface area contributed by atoms with Crippen LogP contribution in [0, 0.1) is 0 Å². The average Bonchev–Trinajstić information content (AvgIpc) is 3.32. The Morgan fingerprint density at radius 3 is 1.08 bits per heavy atom. The maximum absolute atomic E-state index is 12.4. The van der Waals surface area contributed by atoms with Crippen molar-refractivity contribution < 1.29 is 24.5 Å². The van der Waals surface area contributed by atoms with Crippen LogP contribution in [-0.2, 0) is 14.3 Å². The van der Waals surface area contributed by atoms with Gasteiger partial charge in [0.05, 0.1) is 25.4 Å². The molecule has 66 heavy (non-hydrogen) atoms. The molecule has 3 N–H and O–H groups in total. The van der Waals surface area contributed by atoms with E-state index in [2.05, 4.69) is 43.5 Å². The summed E-state index contributed by atoms with van der Waals surface area (Å²) in [5.41, 5.74) is 0. The van der Waals surface area contributed by atoms with Gasteiger partial charge in [-0.3, -0.25) is 9.59 Å². The highest BCUT2D eigenvalue weighted by molar-refractivity contribution is 5.76. The molecule has 0 bridgehead atoms. The Hall–Kier alpha value is -1.92. The largest absolute Gasteiger partial charge is 0.466 e. The second-order valence-electron chi connectivity index (χ2n) is 20.0. The molecule has 1 amide bonds. The fourth-order valence-corrected chi connectivity index (χ4v) is 8.86. The zero-order valence-corrected chi connectivity index (χ0v) is 44.2. The quantitative estimate of drug-likeness (QED) is 0.0321. The second-order valence-corrected chi connectivity index (χ2v) is 20.0. The molecular weight excluding hydrogens is 815 g/mol. The van der Waals surface area contributed by atoms with Crippen molar-refractivity contribution >= 4 is 11.9 Å². The van der Waals surface area contributed by atoms with E-state index >= 15 is 0 Å². The number of aliphatic hydroxyl groups excluding tert-OH is 2. The summed E-state index contributed by atoms with van der Waals surface area (Å²) < 4.78 is 5.49. The Morgan fingerprint density at radius 2 is 0.712 bits per heavy atom. The Balaban J connectivity index is 3.42. The number of carbonyl (C=O) groups excluding carboxylic acids is 2. The normalized spacial score (nSPS) is 12.8. The number of rotatable bonds is 54. The molecule has 0 spiro atoms. The van der Waals surface area contributed by atoms with E-state index < -0.39 is 12.1 Å². The molecule has 0 heterocycles. The van der Waals surface area contributed by atoms with E-state index in [-0.39, 0.29) is 18.5 Å². The highest BCUT2D eigenvalue weighted by atomic mass is 16.5. The summed E-state index contributed by atoms with van der Waals surface area (Å²) in [7, 11) is 0. The zero-order valence-electron chi connectivity index (χ0n) is 44.2. The molecule has 0 aliphatic heterocycles. The monoisotopic (exact) mass is 928 g/mol. The molecule has 2 unspecified atom stereocenters. The van der Waals surface area contributed by atoms with Crippen LogP contribution in [0.2, 0.25) is 0 Å². The molecule has 0 aliphatic carbocycles. The van der Waals surface area contributed by atoms with Crippen LogP contribution in [0.4, 0.5) is 0 Å². The van der Waals surface area contributed by atoms with Crippen molar-refractivity contribution in [3.8, 4) is 0 Å². The maximum Gasteiger partial charge on any atom is 0.305 e. The lowest BCUT2D eigenvalue weighted by Crippen LogP contribution is -2.45. The van der Waals surface area contributed by atoms with Crippen LogP contribution in [0.3, 0.4) is 0 Å². The molecule has 6 nitrogen and oxygen atoms in total. The molecule has 0 aliphatic rings. The first-order valence-corrected chi connectivity index (χ1v) is 29.3. The minimum absolute atomic E-state index is 0.00230. The highest BCUT2D eigenvalue weighted by Gasteiger charge is 2.18. The smallest absolute Gasteiger partial charge is 0.305 e. The molecular formula is C60H113NO5. The number of amides is 1. The van der Waals surface area contributed by atoms with Gasteiger partial charge in [-0.25, -0.2) is 0 Å². The van der Waals surface area contributed by atoms with Gasteiger partial charge in [-0.15, -0.1) is 0 Å². The number of unbranched alkanes of at least 4 members (excludes halogenated alkanes) is 39. The first-order chi connectivity index (χ1) is 32.5. The van der Waals surface area contributed by atoms with Crippen molar-refractivity contribution in [1.29, 1.82) is 0 Å². The Kier molecular flexibility index (Phi) is 54.1. The van der Waals surface area contributed by atoms with Crippen molar-refractivity contribution in [2.24, 2.45) is 0 Å². The molecule has 0 saturated carbocycles. The number of nitrogens with one attached hydrogen (secondary N) is 1. The molecule has 0 rings (SSSR count). The van der Waals surface area contributed by atoms with E-state index in [0.717, 1.165) is 51.4 Å². The first kappa shape index (κ1) is 64.1. The maximum atomic E-state index is 12.4. The molecule has 0 fully saturated rings. The van der Waals surface area contributed by atoms with Crippen molar-refractivity contribution in [2.45, 2.75) is 321 Å². The summed E-state index contributed by atoms with van der Waals surface area (Å²) in [6, 6.07) is -0.633. The van der Waals surface area contributed by atoms with E-state index in [1.54, 1.807) is 6.08 Å². The minimum Gasteiger partial charge on any atom is -0.466 e. The molecule has 0 radical (unpaired) electrons. The summed E-state index contributed by atoms with van der Waals surface area (Å²) in [6.45, 7) is 4.88. The molecule has 2 atom stereocenters. The third-order valence-electron chi connectivity index (χ3n) is 13.4. The van der Waals surface area contributed by atoms with Gasteiger partial charge in [-0.2, -0.15) is 0 Å². The van der Waals surface area contributed by atoms with Gasteiger partial charge in [0.2, 0.25) is 5.91 Å². The van der Waals surface area contributed by atoms with Gasteiger partial charge in [0.25, 0.3) is 0 Å². The van der Waals surface area contributed by atoms with Gasteiger partial charge in [0.15, 0.2) is 0 Å². The fourth-order valence-electron chi connectivity index (χ4n) is 8.86. The SMILES string of the molecule is CCCCCCCCC/C=C\CCCCCCCCCC(=O)OCCCCCCCCCCC/C=C\CCCCCCCCCC(=O)NC(CO)C(O)/C=C/CCCCCCCCCCC. The third-order valence-corrected chi connectivity index (χ3v) is 13.4. The molecule has 0 aromatic rings. The second kappa shape index (κ2) is 55.7. The van der Waals surface area contributed by atoms with E-state index in [9.17, 15) is 19.8 Å². The van der Waals surface area contributed by atoms with Gasteiger partial charge in [-0.1, -0.05) is 249 Å². The van der Waals surface area contributed by atoms with Gasteiger partial charge in [0, 0.05) is 12.8 Å². The van der Waals surface area contributed by atoms with Gasteiger partial charge >= 0.3 is 5.97 Å². The standard InChI is InChI=1S/C60H113NO5/c1-3-5-7-9-11-13-15-16-17-18-24-27-30-34-38-42-46-50-54-60(65)66-55-51-47-43-39-35-31-28-25-22-20-19-21-23-26-29-33-37-41-45-49-53-59(64)61-57(56-62)58(63)52-48-44-40-36-32-14-12-10-8-6-4-2/h17-19,21,48,52,57-58,62-63H,3-16,20,22-47,49-51,53-56H2,1-2H3,(H,61,64)/b18-17-,21-19-,52-48+. The van der Waals surface area contributed by atoms with Crippen molar-refractivity contribution in [2.75, 3.05) is 13.2 Å². The van der Waals surface area contributed by atoms with E-state index in [0.29, 0.717) is 19.4 Å². The lowest BCUT2D eigenvalue weighted by molar-refractivity contribution is -0.143. The molecule has 6 heteroatoms. The van der Waals surface area contributed by atoms with Crippen molar-refractivity contribution in [3.63, 3.8) is 0 Å². The van der Waals surface area contributed by atoms with Crippen LogP contribution < -0.4 is 5.32 Å². The van der Waals surface area contributed by atoms with Gasteiger partial charge in [-0.05, 0) is 83.5 Å². The molecule has 388 valence electrons. The number of esters is 1. The predicted octanol–water partition coefficient (Wildman–Crippen LogP) is 18.0. The number of hydrogen-bond acceptors (Lipinski definition) is 5. The topological polar surface area (TPSA) is 95.9 Å². The van der Waals surface area contributed by atoms with Crippen LogP contribution >= 0.6 is 0 Å². The van der Waals surface area contributed by atoms with E-state index in [1.165, 1.54) is 231 Å². The number of ether oxygens (including phenoxy) is 1. The Labute approximate surface area is 411 Å². The summed E-state index contributed by atoms with van der Waals surface area (Å²) >= 11 is 0. The number of aliphatic hydroxyl groups is 2. The predicted molar refractivity (Wildman–Crippen MR) is 287 cm³/mol. The summed E-state index contributed by atoms with van der Waals surface area (Å²) in [6.07, 6.45) is 68.9. The van der Waals surface area contributed by atoms with Crippen LogP contribution in [0.1, 0.15) is 309 Å². The summed E-state index contributed by atoms with van der Waals surface area (Å²) in [5, 5.41) is 23.0. The van der Waals surface area contributed by atoms with E-state index in [1.807, 2.05) is 6.08 Å². The molecule has 0 aromatic heterocycles. The number of hydrogen-bond donors (Lipinski definition) is 3. The third kappa shape index (κ3) is 51.5. The summed E-state index contributed by atoms with van der Waals surface area (Å²) in [4.78, 5) is 24.5. The first-order valence-electron chi connectivity index (χ1n) is 29.3. The zero-order chi connectivity index (χ0) is 47.9. The van der Waals surface area contributed by atoms with Gasteiger partial charge < -0.3 is 20.3 Å². The van der Waals surface area contributed by atoms with Crippen LogP contribution in [0.15, 0.2) is 36.5 Å².